The molecule has 2 aromatic carbocycles. The van der Waals surface area contributed by atoms with Gasteiger partial charge in [-0.1, -0.05) is 48.5 Å². The van der Waals surface area contributed by atoms with Crippen LogP contribution in [0, 0.1) is 0 Å². The molecule has 122 valence electrons. The second-order valence-electron chi connectivity index (χ2n) is 5.59. The molecule has 1 amide bonds. The molecule has 1 aliphatic heterocycles. The van der Waals surface area contributed by atoms with E-state index < -0.39 is 12.0 Å². The van der Waals surface area contributed by atoms with Gasteiger partial charge in [0.25, 0.3) is 5.91 Å². The first-order valence-electron chi connectivity index (χ1n) is 7.75. The highest BCUT2D eigenvalue weighted by molar-refractivity contribution is 6.02. The van der Waals surface area contributed by atoms with Crippen molar-refractivity contribution in [1.82, 2.24) is 5.01 Å². The third-order valence-corrected chi connectivity index (χ3v) is 3.93. The summed E-state index contributed by atoms with van der Waals surface area (Å²) in [5.41, 5.74) is 2.38. The smallest absolute Gasteiger partial charge is 0.331 e. The van der Waals surface area contributed by atoms with Gasteiger partial charge < -0.3 is 4.74 Å². The standard InChI is InChI=1S/C19H18N2O3/c1-24-19(23)17-13-16(12-14-8-4-2-5-9-14)20-21(17)18(22)15-10-6-3-7-11-15/h2-11,17H,12-13H2,1H3/t17-/m1/s1. The van der Waals surface area contributed by atoms with Gasteiger partial charge in [0.1, 0.15) is 0 Å². The number of ether oxygens (including phenoxy) is 1. The van der Waals surface area contributed by atoms with E-state index in [0.717, 1.165) is 11.3 Å². The fourth-order valence-corrected chi connectivity index (χ4v) is 2.73. The molecule has 1 heterocycles. The predicted octanol–water partition coefficient (Wildman–Crippen LogP) is 2.67. The molecule has 5 nitrogen and oxygen atoms in total. The number of amides is 1. The Hall–Kier alpha value is -2.95. The van der Waals surface area contributed by atoms with Crippen LogP contribution in [0.2, 0.25) is 0 Å². The second kappa shape index (κ2) is 7.08. The quantitative estimate of drug-likeness (QED) is 0.813. The fourth-order valence-electron chi connectivity index (χ4n) is 2.73. The number of hydrogen-bond donors (Lipinski definition) is 0. The van der Waals surface area contributed by atoms with Gasteiger partial charge in [-0.15, -0.1) is 0 Å². The molecule has 24 heavy (non-hydrogen) atoms. The average Bonchev–Trinajstić information content (AvgIpc) is 3.05. The first-order chi connectivity index (χ1) is 11.7. The lowest BCUT2D eigenvalue weighted by atomic mass is 10.0. The van der Waals surface area contributed by atoms with Crippen molar-refractivity contribution in [2.75, 3.05) is 7.11 Å². The van der Waals surface area contributed by atoms with Gasteiger partial charge in [-0.05, 0) is 17.7 Å². The van der Waals surface area contributed by atoms with E-state index in [9.17, 15) is 9.59 Å². The van der Waals surface area contributed by atoms with E-state index in [0.29, 0.717) is 18.4 Å². The van der Waals surface area contributed by atoms with E-state index in [1.54, 1.807) is 24.3 Å². The number of esters is 1. The van der Waals surface area contributed by atoms with E-state index >= 15 is 0 Å². The monoisotopic (exact) mass is 322 g/mol. The summed E-state index contributed by atoms with van der Waals surface area (Å²) in [6, 6.07) is 18.0. The number of rotatable bonds is 4. The predicted molar refractivity (Wildman–Crippen MR) is 90.6 cm³/mol. The topological polar surface area (TPSA) is 59.0 Å². The number of hydrazone groups is 1. The molecular weight excluding hydrogens is 304 g/mol. The second-order valence-corrected chi connectivity index (χ2v) is 5.59. The maximum atomic E-state index is 12.7. The highest BCUT2D eigenvalue weighted by Crippen LogP contribution is 2.22. The molecule has 5 heteroatoms. The van der Waals surface area contributed by atoms with E-state index in [4.69, 9.17) is 4.74 Å². The molecule has 0 N–H and O–H groups in total. The summed E-state index contributed by atoms with van der Waals surface area (Å²) in [4.78, 5) is 24.8. The van der Waals surface area contributed by atoms with Gasteiger partial charge in [0.05, 0.1) is 7.11 Å². The van der Waals surface area contributed by atoms with Crippen LogP contribution in [-0.4, -0.2) is 35.7 Å². The van der Waals surface area contributed by atoms with Crippen LogP contribution >= 0.6 is 0 Å². The Morgan fingerprint density at radius 1 is 1.08 bits per heavy atom. The fraction of sp³-hybridized carbons (Fsp3) is 0.211. The number of nitrogens with zero attached hydrogens (tertiary/aromatic N) is 2. The molecule has 0 aliphatic carbocycles. The SMILES string of the molecule is COC(=O)[C@H]1CC(Cc2ccccc2)=NN1C(=O)c1ccccc1. The van der Waals surface area contributed by atoms with Crippen molar-refractivity contribution in [1.29, 1.82) is 0 Å². The first kappa shape index (κ1) is 15.9. The molecule has 0 fully saturated rings. The summed E-state index contributed by atoms with van der Waals surface area (Å²) in [5, 5.41) is 5.66. The number of methoxy groups -OCH3 is 1. The zero-order valence-corrected chi connectivity index (χ0v) is 13.4. The molecule has 1 atom stereocenters. The number of carbonyl (C=O) groups is 2. The normalized spacial score (nSPS) is 16.6. The first-order valence-corrected chi connectivity index (χ1v) is 7.75. The van der Waals surface area contributed by atoms with Gasteiger partial charge in [-0.3, -0.25) is 4.79 Å². The van der Waals surface area contributed by atoms with Crippen LogP contribution in [0.1, 0.15) is 22.3 Å². The lowest BCUT2D eigenvalue weighted by Gasteiger charge is -2.19. The van der Waals surface area contributed by atoms with Crippen LogP contribution in [0.25, 0.3) is 0 Å². The molecule has 0 saturated heterocycles. The maximum absolute atomic E-state index is 12.7. The molecule has 0 radical (unpaired) electrons. The summed E-state index contributed by atoms with van der Waals surface area (Å²) in [6.45, 7) is 0. The third-order valence-electron chi connectivity index (χ3n) is 3.93. The summed E-state index contributed by atoms with van der Waals surface area (Å²) in [5.74, 6) is -0.750. The minimum Gasteiger partial charge on any atom is -0.467 e. The summed E-state index contributed by atoms with van der Waals surface area (Å²) in [7, 11) is 1.32. The van der Waals surface area contributed by atoms with E-state index in [1.165, 1.54) is 12.1 Å². The van der Waals surface area contributed by atoms with Crippen molar-refractivity contribution in [3.8, 4) is 0 Å². The molecule has 2 aromatic rings. The zero-order chi connectivity index (χ0) is 16.9. The Morgan fingerprint density at radius 3 is 2.33 bits per heavy atom. The van der Waals surface area contributed by atoms with Gasteiger partial charge in [0, 0.05) is 24.1 Å². The highest BCUT2D eigenvalue weighted by atomic mass is 16.5. The van der Waals surface area contributed by atoms with Crippen LogP contribution in [0.5, 0.6) is 0 Å². The zero-order valence-electron chi connectivity index (χ0n) is 13.4. The summed E-state index contributed by atoms with van der Waals surface area (Å²) in [6.07, 6.45) is 0.993. The van der Waals surface area contributed by atoms with Crippen molar-refractivity contribution in [2.24, 2.45) is 5.10 Å². The average molecular weight is 322 g/mol. The molecule has 0 aromatic heterocycles. The van der Waals surface area contributed by atoms with Crippen molar-refractivity contribution >= 4 is 17.6 Å². The summed E-state index contributed by atoms with van der Waals surface area (Å²) >= 11 is 0. The molecule has 3 rings (SSSR count). The van der Waals surface area contributed by atoms with Crippen molar-refractivity contribution < 1.29 is 14.3 Å². The van der Waals surface area contributed by atoms with Crippen molar-refractivity contribution in [3.05, 3.63) is 71.8 Å². The maximum Gasteiger partial charge on any atom is 0.331 e. The lowest BCUT2D eigenvalue weighted by molar-refractivity contribution is -0.145. The van der Waals surface area contributed by atoms with Gasteiger partial charge in [-0.2, -0.15) is 5.10 Å². The molecule has 0 unspecified atom stereocenters. The van der Waals surface area contributed by atoms with Crippen LogP contribution in [0.3, 0.4) is 0 Å². The van der Waals surface area contributed by atoms with Crippen LogP contribution < -0.4 is 0 Å². The Morgan fingerprint density at radius 2 is 1.71 bits per heavy atom. The van der Waals surface area contributed by atoms with E-state index in [1.807, 2.05) is 36.4 Å². The minimum atomic E-state index is -0.707. The van der Waals surface area contributed by atoms with Gasteiger partial charge in [-0.25, -0.2) is 9.80 Å². The summed E-state index contributed by atoms with van der Waals surface area (Å²) < 4.78 is 4.84. The number of benzene rings is 2. The number of hydrogen-bond acceptors (Lipinski definition) is 4. The van der Waals surface area contributed by atoms with E-state index in [-0.39, 0.29) is 5.91 Å². The Bertz CT molecular complexity index is 757. The van der Waals surface area contributed by atoms with Crippen molar-refractivity contribution in [3.63, 3.8) is 0 Å². The van der Waals surface area contributed by atoms with Crippen LogP contribution in [0.4, 0.5) is 0 Å². The van der Waals surface area contributed by atoms with Gasteiger partial charge in [0.15, 0.2) is 6.04 Å². The minimum absolute atomic E-state index is 0.297. The molecule has 0 spiro atoms. The number of carbonyl (C=O) groups excluding carboxylic acids is 2. The largest absolute Gasteiger partial charge is 0.467 e. The van der Waals surface area contributed by atoms with E-state index in [2.05, 4.69) is 5.10 Å². The van der Waals surface area contributed by atoms with Crippen LogP contribution in [-0.2, 0) is 16.0 Å². The molecule has 1 aliphatic rings. The van der Waals surface area contributed by atoms with Crippen LogP contribution in [0.15, 0.2) is 65.8 Å². The third kappa shape index (κ3) is 3.35. The molecule has 0 saturated carbocycles. The van der Waals surface area contributed by atoms with Gasteiger partial charge >= 0.3 is 5.97 Å². The Labute approximate surface area is 140 Å². The Balaban J connectivity index is 1.85. The Kier molecular flexibility index (Phi) is 4.70. The molecule has 0 bridgehead atoms. The highest BCUT2D eigenvalue weighted by Gasteiger charge is 2.37. The van der Waals surface area contributed by atoms with Crippen molar-refractivity contribution in [2.45, 2.75) is 18.9 Å². The molecular formula is C19H18N2O3. The lowest BCUT2D eigenvalue weighted by Crippen LogP contribution is -2.39. The van der Waals surface area contributed by atoms with Gasteiger partial charge in [0.2, 0.25) is 0 Å².